The van der Waals surface area contributed by atoms with Crippen LogP contribution in [0.5, 0.6) is 0 Å². The molecule has 28 heavy (non-hydrogen) atoms. The Balaban J connectivity index is 1.85. The number of β-lactam (4-membered cyclic amide) rings is 1. The normalized spacial score (nSPS) is 32.9. The van der Waals surface area contributed by atoms with Crippen molar-refractivity contribution in [1.82, 2.24) is 9.80 Å². The Labute approximate surface area is 167 Å². The first-order valence-electron chi connectivity index (χ1n) is 9.15. The van der Waals surface area contributed by atoms with Gasteiger partial charge in [-0.2, -0.15) is 0 Å². The molecule has 0 saturated carbocycles. The first-order chi connectivity index (χ1) is 13.1. The Bertz CT molecular complexity index is 766. The van der Waals surface area contributed by atoms with Crippen molar-refractivity contribution >= 4 is 35.4 Å². The maximum Gasteiger partial charge on any atom is 0.353 e. The Morgan fingerprint density at radius 2 is 2.04 bits per heavy atom. The van der Waals surface area contributed by atoms with Crippen molar-refractivity contribution in [2.24, 2.45) is 11.8 Å². The third-order valence-corrected chi connectivity index (χ3v) is 7.27. The van der Waals surface area contributed by atoms with Gasteiger partial charge in [0.05, 0.1) is 31.0 Å². The lowest BCUT2D eigenvalue weighted by Gasteiger charge is -2.46. The summed E-state index contributed by atoms with van der Waals surface area (Å²) in [5.41, 5.74) is -0.0240. The Morgan fingerprint density at radius 3 is 2.54 bits per heavy atom. The minimum atomic E-state index is -1.17. The zero-order chi connectivity index (χ0) is 20.9. The summed E-state index contributed by atoms with van der Waals surface area (Å²) in [4.78, 5) is 39.9. The molecule has 0 bridgehead atoms. The highest BCUT2D eigenvalue weighted by atomic mass is 32.2. The number of esters is 1. The number of rotatable bonds is 5. The Hall–Kier alpha value is -2.07. The summed E-state index contributed by atoms with van der Waals surface area (Å²) in [7, 11) is 1.30. The number of aliphatic hydroxyl groups is 1. The number of amides is 1. The fourth-order valence-corrected chi connectivity index (χ4v) is 6.00. The summed E-state index contributed by atoms with van der Waals surface area (Å²) >= 11 is 1.35. The second kappa shape index (κ2) is 7.40. The van der Waals surface area contributed by atoms with Crippen LogP contribution in [0.4, 0.5) is 0 Å². The number of aliphatic carboxylic acids is 1. The van der Waals surface area contributed by atoms with Crippen molar-refractivity contribution in [2.45, 2.75) is 50.6 Å². The van der Waals surface area contributed by atoms with Gasteiger partial charge in [-0.3, -0.25) is 10.2 Å². The number of carboxylic acid groups (broad SMARTS) is 1. The number of nitrogens with zero attached hydrogens (tertiary/aromatic N) is 2. The van der Waals surface area contributed by atoms with E-state index in [1.807, 2.05) is 6.92 Å². The average molecular weight is 411 g/mol. The van der Waals surface area contributed by atoms with Gasteiger partial charge in [0.25, 0.3) is 0 Å². The smallest absolute Gasteiger partial charge is 0.353 e. The highest BCUT2D eigenvalue weighted by Crippen LogP contribution is 2.52. The van der Waals surface area contributed by atoms with E-state index in [1.54, 1.807) is 18.7 Å². The van der Waals surface area contributed by atoms with Crippen LogP contribution in [0.25, 0.3) is 0 Å². The quantitative estimate of drug-likeness (QED) is 0.258. The molecule has 2 saturated heterocycles. The van der Waals surface area contributed by atoms with Crippen molar-refractivity contribution in [3.05, 3.63) is 10.6 Å². The Morgan fingerprint density at radius 1 is 1.39 bits per heavy atom. The monoisotopic (exact) mass is 411 g/mol. The predicted octanol–water partition coefficient (Wildman–Crippen LogP) is 0.486. The van der Waals surface area contributed by atoms with Gasteiger partial charge in [0.15, 0.2) is 0 Å². The van der Waals surface area contributed by atoms with Crippen LogP contribution in [0.15, 0.2) is 10.6 Å². The van der Waals surface area contributed by atoms with E-state index in [9.17, 15) is 24.6 Å². The van der Waals surface area contributed by atoms with Crippen molar-refractivity contribution in [1.29, 1.82) is 5.41 Å². The van der Waals surface area contributed by atoms with Gasteiger partial charge in [0.2, 0.25) is 5.91 Å². The minimum Gasteiger partial charge on any atom is -0.477 e. The summed E-state index contributed by atoms with van der Waals surface area (Å²) in [6.07, 6.45) is -0.420. The number of carbonyl (C=O) groups excluding carboxylic acids is 2. The third kappa shape index (κ3) is 3.08. The van der Waals surface area contributed by atoms with Crippen molar-refractivity contribution in [2.75, 3.05) is 13.7 Å². The van der Waals surface area contributed by atoms with Crippen LogP contribution in [0.2, 0.25) is 0 Å². The molecule has 0 radical (unpaired) electrons. The van der Waals surface area contributed by atoms with E-state index in [0.29, 0.717) is 17.9 Å². The van der Waals surface area contributed by atoms with E-state index in [4.69, 9.17) is 10.1 Å². The molecule has 0 aromatic heterocycles. The largest absolute Gasteiger partial charge is 0.477 e. The molecule has 10 heteroatoms. The number of carboxylic acids is 1. The molecule has 0 aromatic carbocycles. The van der Waals surface area contributed by atoms with Gasteiger partial charge in [-0.25, -0.2) is 9.59 Å². The van der Waals surface area contributed by atoms with Gasteiger partial charge in [-0.15, -0.1) is 11.8 Å². The number of thioether (sulfide) groups is 1. The molecule has 1 amide bonds. The zero-order valence-electron chi connectivity index (χ0n) is 16.2. The van der Waals surface area contributed by atoms with E-state index in [0.717, 1.165) is 0 Å². The number of hydrogen-bond acceptors (Lipinski definition) is 7. The molecular weight excluding hydrogens is 386 g/mol. The van der Waals surface area contributed by atoms with Crippen LogP contribution in [-0.4, -0.2) is 80.8 Å². The van der Waals surface area contributed by atoms with Gasteiger partial charge in [0, 0.05) is 22.6 Å². The minimum absolute atomic E-state index is 0.0240. The predicted molar refractivity (Wildman–Crippen MR) is 102 cm³/mol. The molecule has 3 heterocycles. The van der Waals surface area contributed by atoms with Crippen LogP contribution >= 0.6 is 11.8 Å². The molecule has 3 N–H and O–H groups in total. The fraction of sp³-hybridized carbons (Fsp3) is 0.667. The topological polar surface area (TPSA) is 131 Å². The van der Waals surface area contributed by atoms with E-state index in [2.05, 4.69) is 0 Å². The number of carbonyl (C=O) groups is 3. The van der Waals surface area contributed by atoms with Gasteiger partial charge >= 0.3 is 11.9 Å². The molecular formula is C18H25N3O6S. The molecule has 0 spiro atoms. The first kappa shape index (κ1) is 20.7. The van der Waals surface area contributed by atoms with Crippen molar-refractivity contribution in [3.8, 4) is 0 Å². The lowest BCUT2D eigenvalue weighted by atomic mass is 9.79. The van der Waals surface area contributed by atoms with Crippen LogP contribution in [0.3, 0.4) is 0 Å². The van der Waals surface area contributed by atoms with Crippen LogP contribution in [0.1, 0.15) is 27.2 Å². The Kier molecular flexibility index (Phi) is 5.46. The number of likely N-dealkylation sites (tertiary alicyclic amines) is 1. The van der Waals surface area contributed by atoms with Gasteiger partial charge < -0.3 is 24.7 Å². The highest BCUT2D eigenvalue weighted by molar-refractivity contribution is 8.03. The number of methoxy groups -OCH3 is 1. The van der Waals surface area contributed by atoms with E-state index in [-0.39, 0.29) is 34.6 Å². The number of hydrogen-bond donors (Lipinski definition) is 3. The highest BCUT2D eigenvalue weighted by Gasteiger charge is 2.60. The number of nitrogens with one attached hydrogen (secondary N) is 1. The molecule has 3 rings (SSSR count). The fourth-order valence-electron chi connectivity index (χ4n) is 4.47. The van der Waals surface area contributed by atoms with E-state index < -0.39 is 30.0 Å². The number of fused-ring (bicyclic) bond motifs is 1. The molecule has 2 fully saturated rings. The number of amidine groups is 1. The van der Waals surface area contributed by atoms with Crippen LogP contribution in [0, 0.1) is 17.2 Å². The second-order valence-electron chi connectivity index (χ2n) is 7.52. The lowest BCUT2D eigenvalue weighted by Crippen LogP contribution is -2.63. The lowest BCUT2D eigenvalue weighted by molar-refractivity contribution is -0.163. The first-order valence-corrected chi connectivity index (χ1v) is 10.0. The molecule has 0 aromatic rings. The third-order valence-electron chi connectivity index (χ3n) is 5.77. The molecule has 3 aliphatic rings. The summed E-state index contributed by atoms with van der Waals surface area (Å²) < 4.78 is 4.84. The summed E-state index contributed by atoms with van der Waals surface area (Å²) in [6, 6.07) is -0.936. The van der Waals surface area contributed by atoms with E-state index >= 15 is 0 Å². The van der Waals surface area contributed by atoms with Crippen molar-refractivity contribution < 1.29 is 29.3 Å². The molecule has 9 nitrogen and oxygen atoms in total. The molecule has 0 aliphatic carbocycles. The average Bonchev–Trinajstić information content (AvgIpc) is 3.13. The van der Waals surface area contributed by atoms with Gasteiger partial charge in [-0.1, -0.05) is 6.92 Å². The maximum absolute atomic E-state index is 12.4. The SMILES string of the molecule is COC(=O)C1CC(SC2=C(C(=O)O)N3C(=O)C(C(C)O)[C@H]3C2C)CN1C(C)=N. The standard InChI is InChI=1S/C18H25N3O6S/c1-7-13-12(8(2)22)16(23)21(13)14(17(24)25)15(7)28-10-5-11(18(26)27-4)20(6-10)9(3)19/h7-8,10-13,19,22H,5-6H2,1-4H3,(H,24,25)/t7?,8?,10?,11?,12?,13-/m1/s1. The summed E-state index contributed by atoms with van der Waals surface area (Å²) in [5.74, 6) is -2.53. The molecule has 3 aliphatic heterocycles. The number of ether oxygens (including phenoxy) is 1. The van der Waals surface area contributed by atoms with Gasteiger partial charge in [0.1, 0.15) is 11.7 Å². The maximum atomic E-state index is 12.4. The van der Waals surface area contributed by atoms with E-state index in [1.165, 1.54) is 23.8 Å². The number of aliphatic hydroxyl groups excluding tert-OH is 1. The van der Waals surface area contributed by atoms with Crippen LogP contribution < -0.4 is 0 Å². The zero-order valence-corrected chi connectivity index (χ0v) is 17.0. The molecule has 154 valence electrons. The summed E-state index contributed by atoms with van der Waals surface area (Å²) in [6.45, 7) is 5.42. The van der Waals surface area contributed by atoms with Gasteiger partial charge in [-0.05, 0) is 20.3 Å². The molecule has 5 unspecified atom stereocenters. The molecule has 6 atom stereocenters. The summed E-state index contributed by atoms with van der Waals surface area (Å²) in [5, 5.41) is 27.4. The van der Waals surface area contributed by atoms with Crippen LogP contribution in [-0.2, 0) is 19.1 Å². The second-order valence-corrected chi connectivity index (χ2v) is 8.87. The van der Waals surface area contributed by atoms with Crippen molar-refractivity contribution in [3.63, 3.8) is 0 Å².